The van der Waals surface area contributed by atoms with Crippen molar-refractivity contribution in [3.8, 4) is 0 Å². The van der Waals surface area contributed by atoms with Crippen molar-refractivity contribution in [1.82, 2.24) is 4.90 Å². The summed E-state index contributed by atoms with van der Waals surface area (Å²) in [6, 6.07) is 7.35. The lowest BCUT2D eigenvalue weighted by atomic mass is 10.2. The number of rotatable bonds is 6. The third kappa shape index (κ3) is 5.75. The minimum absolute atomic E-state index is 0.0898. The van der Waals surface area contributed by atoms with E-state index in [0.29, 0.717) is 18.2 Å². The van der Waals surface area contributed by atoms with Gasteiger partial charge in [-0.2, -0.15) is 0 Å². The van der Waals surface area contributed by atoms with E-state index in [4.69, 9.17) is 16.3 Å². The number of carbonyl (C=O) groups is 2. The first-order valence-electron chi connectivity index (χ1n) is 6.17. The summed E-state index contributed by atoms with van der Waals surface area (Å²) in [7, 11) is 1.70. The fourth-order valence-electron chi connectivity index (χ4n) is 1.63. The van der Waals surface area contributed by atoms with Gasteiger partial charge in [-0.05, 0) is 24.6 Å². The lowest BCUT2D eigenvalue weighted by Gasteiger charge is -2.17. The molecular formula is C14H18ClNO3. The van der Waals surface area contributed by atoms with E-state index in [1.165, 1.54) is 0 Å². The monoisotopic (exact) mass is 283 g/mol. The van der Waals surface area contributed by atoms with Gasteiger partial charge in [0.2, 0.25) is 5.91 Å². The van der Waals surface area contributed by atoms with E-state index in [0.717, 1.165) is 5.56 Å². The first-order valence-corrected chi connectivity index (χ1v) is 6.54. The summed E-state index contributed by atoms with van der Waals surface area (Å²) in [5.41, 5.74) is 0.958. The molecule has 0 aliphatic heterocycles. The van der Waals surface area contributed by atoms with Crippen molar-refractivity contribution in [2.75, 3.05) is 13.7 Å². The van der Waals surface area contributed by atoms with Crippen molar-refractivity contribution in [3.63, 3.8) is 0 Å². The van der Waals surface area contributed by atoms with Crippen LogP contribution in [0.1, 0.15) is 25.3 Å². The number of ether oxygens (including phenoxy) is 1. The van der Waals surface area contributed by atoms with Crippen molar-refractivity contribution in [3.05, 3.63) is 34.9 Å². The molecule has 1 aromatic carbocycles. The van der Waals surface area contributed by atoms with Crippen LogP contribution in [0.5, 0.6) is 0 Å². The summed E-state index contributed by atoms with van der Waals surface area (Å²) in [5.74, 6) is -0.431. The number of amides is 1. The second kappa shape index (κ2) is 7.79. The molecule has 0 spiro atoms. The predicted octanol–water partition coefficient (Wildman–Crippen LogP) is 2.64. The van der Waals surface area contributed by atoms with Gasteiger partial charge >= 0.3 is 5.97 Å². The highest BCUT2D eigenvalue weighted by molar-refractivity contribution is 6.30. The second-order valence-corrected chi connectivity index (χ2v) is 4.62. The number of benzene rings is 1. The number of hydrogen-bond acceptors (Lipinski definition) is 3. The van der Waals surface area contributed by atoms with E-state index in [1.54, 1.807) is 24.9 Å². The van der Waals surface area contributed by atoms with Crippen LogP contribution in [-0.4, -0.2) is 30.4 Å². The van der Waals surface area contributed by atoms with Crippen LogP contribution in [0.4, 0.5) is 0 Å². The maximum absolute atomic E-state index is 11.8. The molecule has 19 heavy (non-hydrogen) atoms. The molecule has 0 saturated carbocycles. The molecule has 0 aliphatic carbocycles. The highest BCUT2D eigenvalue weighted by Crippen LogP contribution is 2.12. The van der Waals surface area contributed by atoms with Crippen LogP contribution in [0.25, 0.3) is 0 Å². The normalized spacial score (nSPS) is 10.1. The Balaban J connectivity index is 2.42. The third-order valence-corrected chi connectivity index (χ3v) is 2.82. The van der Waals surface area contributed by atoms with Crippen LogP contribution in [-0.2, 0) is 20.9 Å². The molecule has 0 aliphatic rings. The summed E-state index contributed by atoms with van der Waals surface area (Å²) in [6.45, 7) is 2.55. The van der Waals surface area contributed by atoms with Gasteiger partial charge in [-0.1, -0.05) is 23.7 Å². The molecule has 0 heterocycles. The SMILES string of the molecule is CCOC(=O)CCC(=O)N(C)Cc1cccc(Cl)c1. The smallest absolute Gasteiger partial charge is 0.306 e. The average molecular weight is 284 g/mol. The van der Waals surface area contributed by atoms with E-state index < -0.39 is 0 Å². The number of halogens is 1. The molecule has 5 heteroatoms. The molecule has 0 bridgehead atoms. The molecule has 0 atom stereocenters. The topological polar surface area (TPSA) is 46.6 Å². The molecule has 1 rings (SSSR count). The van der Waals surface area contributed by atoms with Gasteiger partial charge in [-0.15, -0.1) is 0 Å². The third-order valence-electron chi connectivity index (χ3n) is 2.58. The van der Waals surface area contributed by atoms with Crippen molar-refractivity contribution in [2.24, 2.45) is 0 Å². The standard InChI is InChI=1S/C14H18ClNO3/c1-3-19-14(18)8-7-13(17)16(2)10-11-5-4-6-12(15)9-11/h4-6,9H,3,7-8,10H2,1-2H3. The molecule has 0 aromatic heterocycles. The fraction of sp³-hybridized carbons (Fsp3) is 0.429. The van der Waals surface area contributed by atoms with Crippen molar-refractivity contribution in [1.29, 1.82) is 0 Å². The van der Waals surface area contributed by atoms with Gasteiger partial charge in [0.15, 0.2) is 0 Å². The van der Waals surface area contributed by atoms with Crippen LogP contribution < -0.4 is 0 Å². The second-order valence-electron chi connectivity index (χ2n) is 4.18. The van der Waals surface area contributed by atoms with Gasteiger partial charge in [-0.3, -0.25) is 9.59 Å². The zero-order valence-corrected chi connectivity index (χ0v) is 11.9. The Morgan fingerprint density at radius 3 is 2.68 bits per heavy atom. The highest BCUT2D eigenvalue weighted by Gasteiger charge is 2.12. The zero-order chi connectivity index (χ0) is 14.3. The van der Waals surface area contributed by atoms with Crippen molar-refractivity contribution >= 4 is 23.5 Å². The lowest BCUT2D eigenvalue weighted by Crippen LogP contribution is -2.26. The molecule has 1 aromatic rings. The summed E-state index contributed by atoms with van der Waals surface area (Å²) in [6.07, 6.45) is 0.280. The number of nitrogens with zero attached hydrogens (tertiary/aromatic N) is 1. The molecule has 0 radical (unpaired) electrons. The Morgan fingerprint density at radius 1 is 1.32 bits per heavy atom. The van der Waals surface area contributed by atoms with Gasteiger partial charge in [0.25, 0.3) is 0 Å². The average Bonchev–Trinajstić information content (AvgIpc) is 2.36. The molecule has 104 valence electrons. The van der Waals surface area contributed by atoms with Crippen LogP contribution >= 0.6 is 11.6 Å². The maximum Gasteiger partial charge on any atom is 0.306 e. The molecule has 1 amide bonds. The van der Waals surface area contributed by atoms with Crippen molar-refractivity contribution < 1.29 is 14.3 Å². The van der Waals surface area contributed by atoms with E-state index in [9.17, 15) is 9.59 Å². The van der Waals surface area contributed by atoms with E-state index in [2.05, 4.69) is 0 Å². The number of esters is 1. The molecule has 0 fully saturated rings. The first kappa shape index (κ1) is 15.5. The minimum Gasteiger partial charge on any atom is -0.466 e. The molecule has 0 unspecified atom stereocenters. The number of hydrogen-bond donors (Lipinski definition) is 0. The summed E-state index contributed by atoms with van der Waals surface area (Å²) >= 11 is 5.88. The summed E-state index contributed by atoms with van der Waals surface area (Å²) in [4.78, 5) is 24.6. The largest absolute Gasteiger partial charge is 0.466 e. The van der Waals surface area contributed by atoms with Crippen LogP contribution in [0.15, 0.2) is 24.3 Å². The Morgan fingerprint density at radius 2 is 2.05 bits per heavy atom. The van der Waals surface area contributed by atoms with Crippen LogP contribution in [0.2, 0.25) is 5.02 Å². The molecule has 0 N–H and O–H groups in total. The van der Waals surface area contributed by atoms with Gasteiger partial charge in [0, 0.05) is 25.0 Å². The Hall–Kier alpha value is -1.55. The molecule has 4 nitrogen and oxygen atoms in total. The fourth-order valence-corrected chi connectivity index (χ4v) is 1.84. The van der Waals surface area contributed by atoms with Crippen molar-refractivity contribution in [2.45, 2.75) is 26.3 Å². The van der Waals surface area contributed by atoms with Gasteiger partial charge < -0.3 is 9.64 Å². The van der Waals surface area contributed by atoms with Gasteiger partial charge in [0.1, 0.15) is 0 Å². The Labute approximate surface area is 118 Å². The highest BCUT2D eigenvalue weighted by atomic mass is 35.5. The lowest BCUT2D eigenvalue weighted by molar-refractivity contribution is -0.145. The summed E-state index contributed by atoms with van der Waals surface area (Å²) < 4.78 is 4.78. The maximum atomic E-state index is 11.8. The molecule has 0 saturated heterocycles. The quantitative estimate of drug-likeness (QED) is 0.754. The van der Waals surface area contributed by atoms with Gasteiger partial charge in [0.05, 0.1) is 13.0 Å². The van der Waals surface area contributed by atoms with E-state index >= 15 is 0 Å². The summed E-state index contributed by atoms with van der Waals surface area (Å²) in [5, 5.41) is 0.643. The first-order chi connectivity index (χ1) is 9.02. The minimum atomic E-state index is -0.341. The van der Waals surface area contributed by atoms with Crippen LogP contribution in [0, 0.1) is 0 Å². The van der Waals surface area contributed by atoms with Gasteiger partial charge in [-0.25, -0.2) is 0 Å². The number of carbonyl (C=O) groups excluding carboxylic acids is 2. The van der Waals surface area contributed by atoms with E-state index in [1.807, 2.05) is 18.2 Å². The predicted molar refractivity (Wildman–Crippen MR) is 73.8 cm³/mol. The van der Waals surface area contributed by atoms with Crippen LogP contribution in [0.3, 0.4) is 0 Å². The molecular weight excluding hydrogens is 266 g/mol. The van der Waals surface area contributed by atoms with E-state index in [-0.39, 0.29) is 24.7 Å². The zero-order valence-electron chi connectivity index (χ0n) is 11.2. The Kier molecular flexibility index (Phi) is 6.36. The Bertz CT molecular complexity index is 448.